The van der Waals surface area contributed by atoms with Crippen LogP contribution in [0, 0.1) is 0 Å². The maximum Gasteiger partial charge on any atom is 0.119 e. The molecule has 0 saturated carbocycles. The van der Waals surface area contributed by atoms with Gasteiger partial charge < -0.3 is 14.6 Å². The molecule has 0 aliphatic heterocycles. The third kappa shape index (κ3) is 5.13. The summed E-state index contributed by atoms with van der Waals surface area (Å²) in [7, 11) is 3.61. The SMILES string of the molecule is COc1ccc(C(CO)N(C)CCOc2ccc(Cl)cc2)cc1. The lowest BCUT2D eigenvalue weighted by Crippen LogP contribution is -2.31. The Hall–Kier alpha value is -1.75. The van der Waals surface area contributed by atoms with Crippen LogP contribution in [0.15, 0.2) is 48.5 Å². The van der Waals surface area contributed by atoms with Crippen molar-refractivity contribution in [3.63, 3.8) is 0 Å². The van der Waals surface area contributed by atoms with Crippen LogP contribution in [-0.2, 0) is 0 Å². The highest BCUT2D eigenvalue weighted by Crippen LogP contribution is 2.22. The fourth-order valence-electron chi connectivity index (χ4n) is 2.32. The van der Waals surface area contributed by atoms with Gasteiger partial charge in [0.05, 0.1) is 19.8 Å². The maximum absolute atomic E-state index is 9.69. The standard InChI is InChI=1S/C18H22ClNO3/c1-20(11-12-23-17-9-5-15(19)6-10-17)18(13-21)14-3-7-16(22-2)8-4-14/h3-10,18,21H,11-13H2,1-2H3. The number of halogens is 1. The molecule has 4 nitrogen and oxygen atoms in total. The number of benzene rings is 2. The summed E-state index contributed by atoms with van der Waals surface area (Å²) in [5.41, 5.74) is 1.04. The van der Waals surface area contributed by atoms with E-state index in [1.54, 1.807) is 19.2 Å². The second-order valence-corrected chi connectivity index (χ2v) is 5.69. The van der Waals surface area contributed by atoms with Crippen molar-refractivity contribution in [2.24, 2.45) is 0 Å². The van der Waals surface area contributed by atoms with E-state index in [1.807, 2.05) is 43.4 Å². The summed E-state index contributed by atoms with van der Waals surface area (Å²) < 4.78 is 10.9. The lowest BCUT2D eigenvalue weighted by molar-refractivity contribution is 0.130. The van der Waals surface area contributed by atoms with Gasteiger partial charge in [-0.2, -0.15) is 0 Å². The predicted octanol–water partition coefficient (Wildman–Crippen LogP) is 3.39. The van der Waals surface area contributed by atoms with Gasteiger partial charge in [0.15, 0.2) is 0 Å². The number of likely N-dealkylation sites (N-methyl/N-ethyl adjacent to an activating group) is 1. The lowest BCUT2D eigenvalue weighted by Gasteiger charge is -2.27. The molecule has 5 heteroatoms. The van der Waals surface area contributed by atoms with Gasteiger partial charge in [-0.1, -0.05) is 23.7 Å². The van der Waals surface area contributed by atoms with Gasteiger partial charge in [-0.05, 0) is 49.0 Å². The molecule has 0 bridgehead atoms. The molecule has 2 aromatic carbocycles. The molecule has 1 atom stereocenters. The summed E-state index contributed by atoms with van der Waals surface area (Å²) in [5, 5.41) is 10.4. The Morgan fingerprint density at radius 2 is 1.65 bits per heavy atom. The van der Waals surface area contributed by atoms with Gasteiger partial charge in [0, 0.05) is 11.6 Å². The number of hydrogen-bond donors (Lipinski definition) is 1. The van der Waals surface area contributed by atoms with Gasteiger partial charge in [0.2, 0.25) is 0 Å². The molecule has 0 fully saturated rings. The Balaban J connectivity index is 1.88. The molecule has 0 spiro atoms. The van der Waals surface area contributed by atoms with E-state index in [1.165, 1.54) is 0 Å². The van der Waals surface area contributed by atoms with Crippen LogP contribution < -0.4 is 9.47 Å². The van der Waals surface area contributed by atoms with Crippen molar-refractivity contribution in [1.82, 2.24) is 4.90 Å². The van der Waals surface area contributed by atoms with Crippen LogP contribution in [0.4, 0.5) is 0 Å². The number of rotatable bonds is 8. The quantitative estimate of drug-likeness (QED) is 0.803. The number of aliphatic hydroxyl groups is 1. The Kier molecular flexibility index (Phi) is 6.71. The normalized spacial score (nSPS) is 12.2. The van der Waals surface area contributed by atoms with Gasteiger partial charge >= 0.3 is 0 Å². The van der Waals surface area contributed by atoms with Crippen LogP contribution in [0.1, 0.15) is 11.6 Å². The summed E-state index contributed by atoms with van der Waals surface area (Å²) in [6, 6.07) is 14.9. The molecule has 0 heterocycles. The first-order valence-corrected chi connectivity index (χ1v) is 7.85. The lowest BCUT2D eigenvalue weighted by atomic mass is 10.1. The van der Waals surface area contributed by atoms with Crippen molar-refractivity contribution < 1.29 is 14.6 Å². The molecule has 2 rings (SSSR count). The van der Waals surface area contributed by atoms with Crippen molar-refractivity contribution >= 4 is 11.6 Å². The van der Waals surface area contributed by atoms with Crippen molar-refractivity contribution in [2.75, 3.05) is 33.9 Å². The van der Waals surface area contributed by atoms with Crippen LogP contribution in [0.2, 0.25) is 5.02 Å². The fourth-order valence-corrected chi connectivity index (χ4v) is 2.45. The first kappa shape index (κ1) is 17.6. The highest BCUT2D eigenvalue weighted by Gasteiger charge is 2.16. The third-order valence-electron chi connectivity index (χ3n) is 3.73. The van der Waals surface area contributed by atoms with Crippen LogP contribution in [0.5, 0.6) is 11.5 Å². The summed E-state index contributed by atoms with van der Waals surface area (Å²) in [5.74, 6) is 1.59. The zero-order chi connectivity index (χ0) is 16.7. The van der Waals surface area contributed by atoms with Crippen molar-refractivity contribution in [1.29, 1.82) is 0 Å². The second-order valence-electron chi connectivity index (χ2n) is 5.25. The molecule has 0 aromatic heterocycles. The molecule has 0 amide bonds. The van der Waals surface area contributed by atoms with E-state index in [0.29, 0.717) is 18.2 Å². The number of nitrogens with zero attached hydrogens (tertiary/aromatic N) is 1. The molecule has 124 valence electrons. The number of methoxy groups -OCH3 is 1. The van der Waals surface area contributed by atoms with Crippen LogP contribution in [-0.4, -0.2) is 43.9 Å². The highest BCUT2D eigenvalue weighted by atomic mass is 35.5. The van der Waals surface area contributed by atoms with Crippen molar-refractivity contribution in [3.05, 3.63) is 59.1 Å². The van der Waals surface area contributed by atoms with Crippen LogP contribution >= 0.6 is 11.6 Å². The smallest absolute Gasteiger partial charge is 0.119 e. The average molecular weight is 336 g/mol. The maximum atomic E-state index is 9.69. The molecular weight excluding hydrogens is 314 g/mol. The van der Waals surface area contributed by atoms with Gasteiger partial charge in [-0.15, -0.1) is 0 Å². The van der Waals surface area contributed by atoms with E-state index in [0.717, 1.165) is 17.1 Å². The van der Waals surface area contributed by atoms with Crippen molar-refractivity contribution in [2.45, 2.75) is 6.04 Å². The first-order valence-electron chi connectivity index (χ1n) is 7.47. The third-order valence-corrected chi connectivity index (χ3v) is 3.98. The Morgan fingerprint density at radius 1 is 1.04 bits per heavy atom. The van der Waals surface area contributed by atoms with E-state index in [2.05, 4.69) is 4.90 Å². The molecule has 0 radical (unpaired) electrons. The second kappa shape index (κ2) is 8.77. The minimum atomic E-state index is -0.0743. The van der Waals surface area contributed by atoms with Gasteiger partial charge in [-0.3, -0.25) is 4.90 Å². The van der Waals surface area contributed by atoms with E-state index < -0.39 is 0 Å². The molecule has 1 N–H and O–H groups in total. The van der Waals surface area contributed by atoms with Gasteiger partial charge in [-0.25, -0.2) is 0 Å². The number of hydrogen-bond acceptors (Lipinski definition) is 4. The molecule has 1 unspecified atom stereocenters. The minimum absolute atomic E-state index is 0.0454. The van der Waals surface area contributed by atoms with Crippen LogP contribution in [0.25, 0.3) is 0 Å². The molecule has 23 heavy (non-hydrogen) atoms. The van der Waals surface area contributed by atoms with Crippen LogP contribution in [0.3, 0.4) is 0 Å². The molecule has 0 saturated heterocycles. The summed E-state index contributed by atoms with van der Waals surface area (Å²) in [6.45, 7) is 1.27. The fraction of sp³-hybridized carbons (Fsp3) is 0.333. The predicted molar refractivity (Wildman–Crippen MR) is 92.4 cm³/mol. The van der Waals surface area contributed by atoms with E-state index in [9.17, 15) is 5.11 Å². The summed E-state index contributed by atoms with van der Waals surface area (Å²) >= 11 is 5.85. The zero-order valence-electron chi connectivity index (χ0n) is 13.4. The van der Waals surface area contributed by atoms with Gasteiger partial charge in [0.25, 0.3) is 0 Å². The average Bonchev–Trinajstić information content (AvgIpc) is 2.58. The molecular formula is C18H22ClNO3. The van der Waals surface area contributed by atoms with E-state index in [-0.39, 0.29) is 12.6 Å². The Bertz CT molecular complexity index is 586. The Labute approximate surface area is 142 Å². The monoisotopic (exact) mass is 335 g/mol. The molecule has 2 aromatic rings. The topological polar surface area (TPSA) is 41.9 Å². The largest absolute Gasteiger partial charge is 0.497 e. The molecule has 0 aliphatic carbocycles. The number of aliphatic hydroxyl groups excluding tert-OH is 1. The summed E-state index contributed by atoms with van der Waals surface area (Å²) in [4.78, 5) is 2.07. The Morgan fingerprint density at radius 3 is 2.22 bits per heavy atom. The number of ether oxygens (including phenoxy) is 2. The molecule has 0 aliphatic rings. The summed E-state index contributed by atoms with van der Waals surface area (Å²) in [6.07, 6.45) is 0. The van der Waals surface area contributed by atoms with Gasteiger partial charge in [0.1, 0.15) is 18.1 Å². The van der Waals surface area contributed by atoms with Crippen molar-refractivity contribution in [3.8, 4) is 11.5 Å². The highest BCUT2D eigenvalue weighted by molar-refractivity contribution is 6.30. The van der Waals surface area contributed by atoms with E-state index >= 15 is 0 Å². The van der Waals surface area contributed by atoms with E-state index in [4.69, 9.17) is 21.1 Å². The zero-order valence-corrected chi connectivity index (χ0v) is 14.2. The minimum Gasteiger partial charge on any atom is -0.497 e. The first-order chi connectivity index (χ1) is 11.1.